The number of carbonyl (C=O) groups excluding carboxylic acids is 1. The summed E-state index contributed by atoms with van der Waals surface area (Å²) < 4.78 is 40.0. The van der Waals surface area contributed by atoms with Gasteiger partial charge in [0.05, 0.1) is 5.75 Å². The first kappa shape index (κ1) is 19.4. The predicted octanol–water partition coefficient (Wildman–Crippen LogP) is 2.10. The molecule has 1 heterocycles. The fraction of sp³-hybridized carbons (Fsp3) is 0.400. The molecule has 0 unspecified atom stereocenters. The van der Waals surface area contributed by atoms with Crippen molar-refractivity contribution >= 4 is 49.7 Å². The van der Waals surface area contributed by atoms with Crippen LogP contribution in [0.3, 0.4) is 0 Å². The maximum atomic E-state index is 13.5. The smallest absolute Gasteiger partial charge is 0.244 e. The highest BCUT2D eigenvalue weighted by Gasteiger charge is 2.23. The van der Waals surface area contributed by atoms with Crippen LogP contribution in [0.1, 0.15) is 5.56 Å². The van der Waals surface area contributed by atoms with Crippen LogP contribution in [0.2, 0.25) is 0 Å². The molecule has 5 nitrogen and oxygen atoms in total. The molecule has 1 aliphatic rings. The lowest BCUT2D eigenvalue weighted by Crippen LogP contribution is -2.41. The number of hydrogen-bond acceptors (Lipinski definition) is 4. The molecular weight excluding hydrogens is 419 g/mol. The van der Waals surface area contributed by atoms with Gasteiger partial charge in [-0.15, -0.1) is 0 Å². The minimum absolute atomic E-state index is 0.0239. The molecule has 1 aromatic carbocycles. The Hall–Kier alpha value is -0.900. The van der Waals surface area contributed by atoms with Crippen molar-refractivity contribution in [2.45, 2.75) is 0 Å². The van der Waals surface area contributed by atoms with Gasteiger partial charge < -0.3 is 5.32 Å². The van der Waals surface area contributed by atoms with E-state index in [0.717, 1.165) is 11.5 Å². The van der Waals surface area contributed by atoms with Crippen LogP contribution in [0, 0.1) is 5.82 Å². The summed E-state index contributed by atoms with van der Waals surface area (Å²) in [5.41, 5.74) is 0.276. The van der Waals surface area contributed by atoms with Gasteiger partial charge in [0.25, 0.3) is 0 Å². The van der Waals surface area contributed by atoms with E-state index in [1.165, 1.54) is 22.5 Å². The molecule has 24 heavy (non-hydrogen) atoms. The molecule has 1 aromatic rings. The number of nitrogens with one attached hydrogen (secondary N) is 1. The second kappa shape index (κ2) is 8.98. The third kappa shape index (κ3) is 5.87. The highest BCUT2D eigenvalue weighted by atomic mass is 79.9. The Balaban J connectivity index is 1.82. The van der Waals surface area contributed by atoms with Crippen LogP contribution >= 0.6 is 27.7 Å². The summed E-state index contributed by atoms with van der Waals surface area (Å²) in [5.74, 6) is 0.563. The van der Waals surface area contributed by atoms with Gasteiger partial charge in [0.15, 0.2) is 0 Å². The average Bonchev–Trinajstić information content (AvgIpc) is 2.56. The molecule has 0 bridgehead atoms. The maximum absolute atomic E-state index is 13.5. The number of amides is 1. The zero-order valence-electron chi connectivity index (χ0n) is 12.9. The maximum Gasteiger partial charge on any atom is 0.244 e. The van der Waals surface area contributed by atoms with Crippen LogP contribution in [-0.4, -0.2) is 55.5 Å². The van der Waals surface area contributed by atoms with Crippen LogP contribution in [0.5, 0.6) is 0 Å². The van der Waals surface area contributed by atoms with E-state index in [4.69, 9.17) is 0 Å². The van der Waals surface area contributed by atoms with Gasteiger partial charge in [0.2, 0.25) is 15.9 Å². The van der Waals surface area contributed by atoms with E-state index in [0.29, 0.717) is 17.6 Å². The van der Waals surface area contributed by atoms with Crippen LogP contribution in [0.25, 0.3) is 6.08 Å². The highest BCUT2D eigenvalue weighted by molar-refractivity contribution is 9.10. The van der Waals surface area contributed by atoms with E-state index in [2.05, 4.69) is 21.2 Å². The standard InChI is InChI=1S/C15H18BrFN2O3S2/c16-13-2-3-14(17)12(11-13)1-4-15(20)18-5-10-24(21,22)19-6-8-23-9-7-19/h1-4,11H,5-10H2,(H,18,20). The summed E-state index contributed by atoms with van der Waals surface area (Å²) in [6.07, 6.45) is 2.54. The van der Waals surface area contributed by atoms with Gasteiger partial charge in [-0.2, -0.15) is 11.8 Å². The number of rotatable bonds is 6. The van der Waals surface area contributed by atoms with E-state index in [9.17, 15) is 17.6 Å². The summed E-state index contributed by atoms with van der Waals surface area (Å²) >= 11 is 4.96. The zero-order chi connectivity index (χ0) is 17.6. The second-order valence-electron chi connectivity index (χ2n) is 5.12. The van der Waals surface area contributed by atoms with E-state index >= 15 is 0 Å². The molecule has 132 valence electrons. The Morgan fingerprint density at radius 1 is 1.38 bits per heavy atom. The lowest BCUT2D eigenvalue weighted by Gasteiger charge is -2.25. The van der Waals surface area contributed by atoms with Crippen LogP contribution < -0.4 is 5.32 Å². The molecular formula is C15H18BrFN2O3S2. The van der Waals surface area contributed by atoms with Crippen LogP contribution in [-0.2, 0) is 14.8 Å². The molecule has 1 saturated heterocycles. The Kier molecular flexibility index (Phi) is 7.27. The first-order valence-corrected chi connectivity index (χ1v) is 10.9. The molecule has 1 amide bonds. The number of nitrogens with zero attached hydrogens (tertiary/aromatic N) is 1. The number of hydrogen-bond donors (Lipinski definition) is 1. The zero-order valence-corrected chi connectivity index (χ0v) is 16.1. The fourth-order valence-corrected chi connectivity index (χ4v) is 4.99. The summed E-state index contributed by atoms with van der Waals surface area (Å²) in [5, 5.41) is 2.51. The van der Waals surface area contributed by atoms with E-state index in [1.54, 1.807) is 23.9 Å². The van der Waals surface area contributed by atoms with E-state index in [-0.39, 0.29) is 17.9 Å². The molecule has 0 aliphatic carbocycles. The molecule has 0 atom stereocenters. The second-order valence-corrected chi connectivity index (χ2v) is 9.35. The minimum atomic E-state index is -3.34. The number of halogens is 2. The van der Waals surface area contributed by atoms with Crippen molar-refractivity contribution in [1.82, 2.24) is 9.62 Å². The summed E-state index contributed by atoms with van der Waals surface area (Å²) in [6, 6.07) is 4.42. The van der Waals surface area contributed by atoms with Crippen molar-refractivity contribution in [1.29, 1.82) is 0 Å². The molecule has 2 rings (SSSR count). The topological polar surface area (TPSA) is 66.5 Å². The summed E-state index contributed by atoms with van der Waals surface area (Å²) in [7, 11) is -3.34. The van der Waals surface area contributed by atoms with Gasteiger partial charge in [-0.1, -0.05) is 15.9 Å². The third-order valence-corrected chi connectivity index (χ3v) is 6.70. The Labute approximate surface area is 153 Å². The monoisotopic (exact) mass is 436 g/mol. The summed E-state index contributed by atoms with van der Waals surface area (Å²) in [4.78, 5) is 11.7. The van der Waals surface area contributed by atoms with Gasteiger partial charge in [-0.25, -0.2) is 17.1 Å². The molecule has 0 aromatic heterocycles. The first-order valence-electron chi connectivity index (χ1n) is 7.35. The van der Waals surface area contributed by atoms with Crippen LogP contribution in [0.4, 0.5) is 4.39 Å². The number of benzene rings is 1. The number of thioether (sulfide) groups is 1. The largest absolute Gasteiger partial charge is 0.351 e. The highest BCUT2D eigenvalue weighted by Crippen LogP contribution is 2.16. The van der Waals surface area contributed by atoms with Gasteiger partial charge in [-0.3, -0.25) is 4.79 Å². The normalized spacial score (nSPS) is 16.4. The van der Waals surface area contributed by atoms with Crippen molar-refractivity contribution < 1.29 is 17.6 Å². The lowest BCUT2D eigenvalue weighted by molar-refractivity contribution is -0.116. The lowest BCUT2D eigenvalue weighted by atomic mass is 10.2. The Bertz CT molecular complexity index is 719. The predicted molar refractivity (Wildman–Crippen MR) is 98.8 cm³/mol. The van der Waals surface area contributed by atoms with Gasteiger partial charge >= 0.3 is 0 Å². The summed E-state index contributed by atoms with van der Waals surface area (Å²) in [6.45, 7) is 1.06. The molecule has 0 radical (unpaired) electrons. The quantitative estimate of drug-likeness (QED) is 0.693. The van der Waals surface area contributed by atoms with Crippen molar-refractivity contribution in [2.75, 3.05) is 36.9 Å². The first-order chi connectivity index (χ1) is 11.4. The van der Waals surface area contributed by atoms with Gasteiger partial charge in [-0.05, 0) is 24.3 Å². The molecule has 1 aliphatic heterocycles. The van der Waals surface area contributed by atoms with Crippen molar-refractivity contribution in [2.24, 2.45) is 0 Å². The Morgan fingerprint density at radius 3 is 2.79 bits per heavy atom. The van der Waals surface area contributed by atoms with E-state index in [1.807, 2.05) is 0 Å². The molecule has 9 heteroatoms. The Morgan fingerprint density at radius 2 is 2.08 bits per heavy atom. The number of sulfonamides is 1. The third-order valence-electron chi connectivity index (χ3n) is 3.40. The molecule has 1 fully saturated rings. The van der Waals surface area contributed by atoms with Crippen molar-refractivity contribution in [3.05, 3.63) is 40.1 Å². The van der Waals surface area contributed by atoms with E-state index < -0.39 is 21.7 Å². The van der Waals surface area contributed by atoms with Crippen LogP contribution in [0.15, 0.2) is 28.7 Å². The van der Waals surface area contributed by atoms with Crippen molar-refractivity contribution in [3.63, 3.8) is 0 Å². The average molecular weight is 437 g/mol. The molecule has 1 N–H and O–H groups in total. The molecule has 0 spiro atoms. The SMILES string of the molecule is O=C(C=Cc1cc(Br)ccc1F)NCCS(=O)(=O)N1CCSCC1. The minimum Gasteiger partial charge on any atom is -0.351 e. The van der Waals surface area contributed by atoms with Gasteiger partial charge in [0, 0.05) is 47.3 Å². The number of carbonyl (C=O) groups is 1. The molecule has 0 saturated carbocycles. The van der Waals surface area contributed by atoms with Gasteiger partial charge in [0.1, 0.15) is 5.82 Å². The fourth-order valence-electron chi connectivity index (χ4n) is 2.12. The van der Waals surface area contributed by atoms with Crippen molar-refractivity contribution in [3.8, 4) is 0 Å².